The van der Waals surface area contributed by atoms with Crippen molar-refractivity contribution >= 4 is 27.5 Å². The van der Waals surface area contributed by atoms with E-state index in [0.29, 0.717) is 5.88 Å². The molecule has 1 aliphatic rings. The normalized spacial score (nSPS) is 17.4. The van der Waals surface area contributed by atoms with Gasteiger partial charge in [0.05, 0.1) is 18.6 Å². The van der Waals surface area contributed by atoms with Crippen molar-refractivity contribution in [1.29, 1.82) is 0 Å². The van der Waals surface area contributed by atoms with Crippen LogP contribution in [-0.2, 0) is 4.74 Å². The largest absolute Gasteiger partial charge is 0.474 e. The second-order valence-electron chi connectivity index (χ2n) is 3.96. The molecule has 2 aromatic heterocycles. The zero-order valence-electron chi connectivity index (χ0n) is 9.26. The summed E-state index contributed by atoms with van der Waals surface area (Å²) in [5.74, 6) is 0.864. The molecule has 0 unspecified atom stereocenters. The van der Waals surface area contributed by atoms with E-state index in [2.05, 4.69) is 9.97 Å². The number of anilines is 1. The van der Waals surface area contributed by atoms with Crippen molar-refractivity contribution in [2.24, 2.45) is 0 Å². The number of rotatable bonds is 2. The van der Waals surface area contributed by atoms with Crippen LogP contribution in [0.5, 0.6) is 5.88 Å². The Morgan fingerprint density at radius 2 is 2.18 bits per heavy atom. The van der Waals surface area contributed by atoms with Gasteiger partial charge in [-0.05, 0) is 11.4 Å². The molecule has 3 rings (SSSR count). The standard InChI is InChI=1S/C11H13N3O2S/c12-11-13-9(8-3-6-17-10(8)14-11)16-7-1-4-15-5-2-7/h3,6-7H,1-2,4-5H2,(H2,12,13,14). The van der Waals surface area contributed by atoms with E-state index in [0.717, 1.165) is 36.3 Å². The molecule has 90 valence electrons. The number of thiophene rings is 1. The third-order valence-electron chi connectivity index (χ3n) is 2.75. The molecule has 1 fully saturated rings. The van der Waals surface area contributed by atoms with Gasteiger partial charge in [0.25, 0.3) is 0 Å². The lowest BCUT2D eigenvalue weighted by Gasteiger charge is -2.22. The fraction of sp³-hybridized carbons (Fsp3) is 0.455. The van der Waals surface area contributed by atoms with E-state index >= 15 is 0 Å². The molecular weight excluding hydrogens is 238 g/mol. The first-order valence-electron chi connectivity index (χ1n) is 5.58. The molecule has 2 aromatic rings. The summed E-state index contributed by atoms with van der Waals surface area (Å²) in [6.45, 7) is 1.50. The van der Waals surface area contributed by atoms with Crippen molar-refractivity contribution in [2.45, 2.75) is 18.9 Å². The first-order valence-corrected chi connectivity index (χ1v) is 6.46. The first kappa shape index (κ1) is 10.7. The number of fused-ring (bicyclic) bond motifs is 1. The van der Waals surface area contributed by atoms with Crippen molar-refractivity contribution in [3.05, 3.63) is 11.4 Å². The Balaban J connectivity index is 1.90. The van der Waals surface area contributed by atoms with Crippen molar-refractivity contribution in [2.75, 3.05) is 18.9 Å². The molecule has 0 saturated carbocycles. The zero-order valence-corrected chi connectivity index (χ0v) is 10.1. The van der Waals surface area contributed by atoms with Gasteiger partial charge in [0.2, 0.25) is 11.8 Å². The second kappa shape index (κ2) is 4.46. The molecule has 2 N–H and O–H groups in total. The van der Waals surface area contributed by atoms with Crippen LogP contribution in [0.3, 0.4) is 0 Å². The van der Waals surface area contributed by atoms with Crippen LogP contribution in [-0.4, -0.2) is 29.3 Å². The number of nitrogens with zero attached hydrogens (tertiary/aromatic N) is 2. The summed E-state index contributed by atoms with van der Waals surface area (Å²) in [4.78, 5) is 9.22. The van der Waals surface area contributed by atoms with Gasteiger partial charge >= 0.3 is 0 Å². The third kappa shape index (κ3) is 2.18. The van der Waals surface area contributed by atoms with Crippen LogP contribution in [0.2, 0.25) is 0 Å². The molecular formula is C11H13N3O2S. The molecule has 0 bridgehead atoms. The van der Waals surface area contributed by atoms with Crippen LogP contribution >= 0.6 is 11.3 Å². The van der Waals surface area contributed by atoms with Gasteiger partial charge < -0.3 is 15.2 Å². The summed E-state index contributed by atoms with van der Waals surface area (Å²) < 4.78 is 11.2. The summed E-state index contributed by atoms with van der Waals surface area (Å²) in [7, 11) is 0. The minimum Gasteiger partial charge on any atom is -0.474 e. The van der Waals surface area contributed by atoms with E-state index in [1.165, 1.54) is 0 Å². The van der Waals surface area contributed by atoms with Gasteiger partial charge in [-0.3, -0.25) is 0 Å². The van der Waals surface area contributed by atoms with Crippen LogP contribution in [0.15, 0.2) is 11.4 Å². The van der Waals surface area contributed by atoms with Gasteiger partial charge in [-0.15, -0.1) is 11.3 Å². The van der Waals surface area contributed by atoms with E-state index in [1.54, 1.807) is 11.3 Å². The van der Waals surface area contributed by atoms with E-state index < -0.39 is 0 Å². The SMILES string of the molecule is Nc1nc(OC2CCOCC2)c2ccsc2n1. The predicted molar refractivity (Wildman–Crippen MR) is 66.3 cm³/mol. The Kier molecular flexibility index (Phi) is 2.82. The van der Waals surface area contributed by atoms with E-state index in [-0.39, 0.29) is 12.1 Å². The number of aromatic nitrogens is 2. The molecule has 0 aromatic carbocycles. The number of hydrogen-bond donors (Lipinski definition) is 1. The van der Waals surface area contributed by atoms with Gasteiger partial charge in [0, 0.05) is 12.8 Å². The fourth-order valence-corrected chi connectivity index (χ4v) is 2.65. The molecule has 0 radical (unpaired) electrons. The summed E-state index contributed by atoms with van der Waals surface area (Å²) >= 11 is 1.54. The average molecular weight is 251 g/mol. The maximum Gasteiger partial charge on any atom is 0.227 e. The predicted octanol–water partition coefficient (Wildman–Crippen LogP) is 1.83. The molecule has 1 saturated heterocycles. The van der Waals surface area contributed by atoms with Crippen molar-refractivity contribution in [1.82, 2.24) is 9.97 Å². The minimum atomic E-state index is 0.168. The van der Waals surface area contributed by atoms with Crippen molar-refractivity contribution < 1.29 is 9.47 Å². The van der Waals surface area contributed by atoms with Gasteiger partial charge in [0.1, 0.15) is 10.9 Å². The highest BCUT2D eigenvalue weighted by Crippen LogP contribution is 2.29. The molecule has 0 spiro atoms. The highest BCUT2D eigenvalue weighted by molar-refractivity contribution is 7.16. The summed E-state index contributed by atoms with van der Waals surface area (Å²) in [5, 5.41) is 2.91. The average Bonchev–Trinajstić information content (AvgIpc) is 2.78. The summed E-state index contributed by atoms with van der Waals surface area (Å²) in [6, 6.07) is 1.97. The molecule has 17 heavy (non-hydrogen) atoms. The molecule has 6 heteroatoms. The Morgan fingerprint density at radius 3 is 3.00 bits per heavy atom. The lowest BCUT2D eigenvalue weighted by molar-refractivity contribution is 0.0244. The number of ether oxygens (including phenoxy) is 2. The number of nitrogens with two attached hydrogens (primary N) is 1. The maximum absolute atomic E-state index is 5.90. The lowest BCUT2D eigenvalue weighted by atomic mass is 10.1. The third-order valence-corrected chi connectivity index (χ3v) is 3.56. The highest BCUT2D eigenvalue weighted by Gasteiger charge is 2.18. The van der Waals surface area contributed by atoms with Gasteiger partial charge in [-0.1, -0.05) is 0 Å². The molecule has 0 aliphatic carbocycles. The monoisotopic (exact) mass is 251 g/mol. The Hall–Kier alpha value is -1.40. The van der Waals surface area contributed by atoms with Crippen LogP contribution in [0.25, 0.3) is 10.2 Å². The van der Waals surface area contributed by atoms with Crippen molar-refractivity contribution in [3.8, 4) is 5.88 Å². The summed E-state index contributed by atoms with van der Waals surface area (Å²) in [5.41, 5.74) is 5.67. The van der Waals surface area contributed by atoms with Crippen LogP contribution < -0.4 is 10.5 Å². The van der Waals surface area contributed by atoms with Crippen LogP contribution in [0.4, 0.5) is 5.95 Å². The Morgan fingerprint density at radius 1 is 1.35 bits per heavy atom. The smallest absolute Gasteiger partial charge is 0.227 e. The highest BCUT2D eigenvalue weighted by atomic mass is 32.1. The molecule has 1 aliphatic heterocycles. The fourth-order valence-electron chi connectivity index (χ4n) is 1.89. The van der Waals surface area contributed by atoms with Gasteiger partial charge in [0.15, 0.2) is 0 Å². The van der Waals surface area contributed by atoms with Crippen molar-refractivity contribution in [3.63, 3.8) is 0 Å². The molecule has 3 heterocycles. The van der Waals surface area contributed by atoms with Gasteiger partial charge in [-0.25, -0.2) is 4.98 Å². The Labute approximate surface area is 103 Å². The topological polar surface area (TPSA) is 70.3 Å². The Bertz CT molecular complexity index is 522. The summed E-state index contributed by atoms with van der Waals surface area (Å²) in [6.07, 6.45) is 1.96. The number of hydrogen-bond acceptors (Lipinski definition) is 6. The zero-order chi connectivity index (χ0) is 11.7. The number of nitrogen functional groups attached to an aromatic ring is 1. The van der Waals surface area contributed by atoms with E-state index in [9.17, 15) is 0 Å². The molecule has 0 amide bonds. The van der Waals surface area contributed by atoms with E-state index in [1.807, 2.05) is 11.4 Å². The quantitative estimate of drug-likeness (QED) is 0.881. The van der Waals surface area contributed by atoms with Crippen LogP contribution in [0.1, 0.15) is 12.8 Å². The van der Waals surface area contributed by atoms with E-state index in [4.69, 9.17) is 15.2 Å². The minimum absolute atomic E-state index is 0.168. The van der Waals surface area contributed by atoms with Crippen LogP contribution in [0, 0.1) is 0 Å². The maximum atomic E-state index is 5.90. The molecule has 0 atom stereocenters. The molecule has 5 nitrogen and oxygen atoms in total. The lowest BCUT2D eigenvalue weighted by Crippen LogP contribution is -2.26. The second-order valence-corrected chi connectivity index (χ2v) is 4.85. The first-order chi connectivity index (χ1) is 8.33. The van der Waals surface area contributed by atoms with Gasteiger partial charge in [-0.2, -0.15) is 4.98 Å².